The van der Waals surface area contributed by atoms with Crippen LogP contribution in [-0.4, -0.2) is 68.3 Å². The number of fused-ring (bicyclic) bond motifs is 2. The number of aromatic amines is 2. The van der Waals surface area contributed by atoms with Crippen LogP contribution in [-0.2, 0) is 0 Å². The highest BCUT2D eigenvalue weighted by Gasteiger charge is 2.20. The Morgan fingerprint density at radius 2 is 1.88 bits per heavy atom. The predicted octanol–water partition coefficient (Wildman–Crippen LogP) is 3.62. The number of hydrogen-bond acceptors (Lipinski definition) is 6. The lowest BCUT2D eigenvalue weighted by Crippen LogP contribution is -2.44. The predicted molar refractivity (Wildman–Crippen MR) is 127 cm³/mol. The molecule has 32 heavy (non-hydrogen) atoms. The first-order chi connectivity index (χ1) is 15.7. The molecule has 6 rings (SSSR count). The molecule has 0 aliphatic carbocycles. The molecule has 0 atom stereocenters. The fraction of sp³-hybridized carbons (Fsp3) is 0.250. The lowest BCUT2D eigenvalue weighted by Gasteiger charge is -2.34. The van der Waals surface area contributed by atoms with Gasteiger partial charge in [-0.25, -0.2) is 9.97 Å². The molecule has 0 unspecified atom stereocenters. The van der Waals surface area contributed by atoms with Crippen molar-refractivity contribution >= 4 is 27.8 Å². The van der Waals surface area contributed by atoms with Gasteiger partial charge in [-0.1, -0.05) is 0 Å². The van der Waals surface area contributed by atoms with Crippen LogP contribution in [0.2, 0.25) is 0 Å². The molecule has 1 saturated heterocycles. The van der Waals surface area contributed by atoms with Crippen LogP contribution in [0.4, 0.5) is 5.69 Å². The number of aromatic nitrogens is 6. The summed E-state index contributed by atoms with van der Waals surface area (Å²) in [7, 11) is 2.17. The van der Waals surface area contributed by atoms with E-state index in [4.69, 9.17) is 4.98 Å². The molecule has 8 heteroatoms. The number of rotatable bonds is 3. The summed E-state index contributed by atoms with van der Waals surface area (Å²) < 4.78 is 0. The summed E-state index contributed by atoms with van der Waals surface area (Å²) in [5.74, 6) is 0. The molecule has 2 N–H and O–H groups in total. The molecule has 0 saturated carbocycles. The number of anilines is 1. The lowest BCUT2D eigenvalue weighted by atomic mass is 10.1. The first-order valence-electron chi connectivity index (χ1n) is 10.8. The Morgan fingerprint density at radius 3 is 2.72 bits per heavy atom. The maximum atomic E-state index is 4.94. The summed E-state index contributed by atoms with van der Waals surface area (Å²) in [5.41, 5.74) is 8.57. The van der Waals surface area contributed by atoms with Crippen molar-refractivity contribution in [1.82, 2.24) is 35.0 Å². The summed E-state index contributed by atoms with van der Waals surface area (Å²) >= 11 is 0. The number of piperazine rings is 1. The van der Waals surface area contributed by atoms with Gasteiger partial charge in [-0.05, 0) is 49.9 Å². The van der Waals surface area contributed by atoms with Crippen molar-refractivity contribution in [2.75, 3.05) is 38.1 Å². The third-order valence-corrected chi connectivity index (χ3v) is 6.33. The van der Waals surface area contributed by atoms with E-state index in [-0.39, 0.29) is 0 Å². The van der Waals surface area contributed by atoms with Crippen LogP contribution in [0.25, 0.3) is 44.7 Å². The highest BCUT2D eigenvalue weighted by atomic mass is 15.2. The number of nitrogens with zero attached hydrogens (tertiary/aromatic N) is 6. The Hall–Kier alpha value is -3.78. The van der Waals surface area contributed by atoms with Crippen molar-refractivity contribution in [2.24, 2.45) is 0 Å². The summed E-state index contributed by atoms with van der Waals surface area (Å²) in [4.78, 5) is 22.1. The highest BCUT2D eigenvalue weighted by Crippen LogP contribution is 2.33. The van der Waals surface area contributed by atoms with Gasteiger partial charge in [0.2, 0.25) is 0 Å². The van der Waals surface area contributed by atoms with E-state index < -0.39 is 0 Å². The quantitative estimate of drug-likeness (QED) is 0.460. The van der Waals surface area contributed by atoms with Crippen LogP contribution in [0.15, 0.2) is 48.9 Å². The number of likely N-dealkylation sites (N-methyl/N-ethyl adjacent to an activating group) is 1. The van der Waals surface area contributed by atoms with Crippen molar-refractivity contribution in [3.63, 3.8) is 0 Å². The average molecular weight is 425 g/mol. The second-order valence-electron chi connectivity index (χ2n) is 8.42. The van der Waals surface area contributed by atoms with Gasteiger partial charge < -0.3 is 14.8 Å². The maximum absolute atomic E-state index is 4.94. The van der Waals surface area contributed by atoms with Crippen molar-refractivity contribution in [3.8, 4) is 22.6 Å². The number of hydrogen-bond donors (Lipinski definition) is 2. The zero-order valence-electron chi connectivity index (χ0n) is 18.1. The lowest BCUT2D eigenvalue weighted by molar-refractivity contribution is 0.313. The second-order valence-corrected chi connectivity index (χ2v) is 8.42. The zero-order valence-corrected chi connectivity index (χ0v) is 18.1. The average Bonchev–Trinajstić information content (AvgIpc) is 3.43. The summed E-state index contributed by atoms with van der Waals surface area (Å²) in [6.45, 7) is 6.22. The van der Waals surface area contributed by atoms with E-state index in [9.17, 15) is 0 Å². The number of aryl methyl sites for hydroxylation is 1. The van der Waals surface area contributed by atoms with Crippen LogP contribution >= 0.6 is 0 Å². The minimum Gasteiger partial charge on any atom is -0.368 e. The fourth-order valence-electron chi connectivity index (χ4n) is 4.43. The van der Waals surface area contributed by atoms with Gasteiger partial charge in [-0.2, -0.15) is 5.10 Å². The monoisotopic (exact) mass is 424 g/mol. The van der Waals surface area contributed by atoms with Crippen LogP contribution in [0.3, 0.4) is 0 Å². The van der Waals surface area contributed by atoms with Crippen molar-refractivity contribution in [3.05, 3.63) is 54.5 Å². The number of H-pyrrole nitrogens is 2. The second kappa shape index (κ2) is 7.42. The summed E-state index contributed by atoms with van der Waals surface area (Å²) in [5, 5.41) is 8.82. The Labute approximate surface area is 185 Å². The first-order valence-corrected chi connectivity index (χ1v) is 10.8. The van der Waals surface area contributed by atoms with Crippen LogP contribution < -0.4 is 4.90 Å². The molecule has 0 radical (unpaired) electrons. The minimum absolute atomic E-state index is 0.797. The number of nitrogens with one attached hydrogen (secondary N) is 2. The molecule has 0 spiro atoms. The SMILES string of the molecule is Cc1ccncc1-c1ccc2[nH]nc(-c3cc4c(N5CCN(C)CC5)ccnc4[nH]3)c2n1. The molecule has 1 aliphatic heterocycles. The molecule has 1 fully saturated rings. The molecule has 1 aliphatic rings. The molecule has 0 bridgehead atoms. The van der Waals surface area contributed by atoms with E-state index in [1.165, 1.54) is 5.69 Å². The van der Waals surface area contributed by atoms with Gasteiger partial charge in [0.25, 0.3) is 0 Å². The fourth-order valence-corrected chi connectivity index (χ4v) is 4.43. The van der Waals surface area contributed by atoms with E-state index in [0.29, 0.717) is 0 Å². The molecule has 0 aromatic carbocycles. The minimum atomic E-state index is 0.797. The van der Waals surface area contributed by atoms with Crippen molar-refractivity contribution in [2.45, 2.75) is 6.92 Å². The van der Waals surface area contributed by atoms with Crippen LogP contribution in [0.5, 0.6) is 0 Å². The third-order valence-electron chi connectivity index (χ3n) is 6.33. The Morgan fingerprint density at radius 1 is 1.00 bits per heavy atom. The van der Waals surface area contributed by atoms with Crippen LogP contribution in [0, 0.1) is 6.92 Å². The molecular formula is C24H24N8. The molecule has 6 heterocycles. The molecule has 5 aromatic rings. The topological polar surface area (TPSA) is 89.6 Å². The molecule has 160 valence electrons. The first kappa shape index (κ1) is 18.9. The Bertz CT molecular complexity index is 1420. The smallest absolute Gasteiger partial charge is 0.139 e. The van der Waals surface area contributed by atoms with Gasteiger partial charge in [0.05, 0.1) is 16.9 Å². The summed E-state index contributed by atoms with van der Waals surface area (Å²) in [6.07, 6.45) is 5.54. The van der Waals surface area contributed by atoms with Crippen molar-refractivity contribution < 1.29 is 0 Å². The summed E-state index contributed by atoms with van der Waals surface area (Å²) in [6, 6.07) is 10.3. The standard InChI is InChI=1S/C24H24N8/c1-15-5-7-25-14-17(15)18-3-4-19-22(27-18)23(30-29-19)20-13-16-21(6-8-26-24(16)28-20)32-11-9-31(2)10-12-32/h3-8,13-14H,9-12H2,1-2H3,(H,26,28)(H,29,30). The van der Waals surface area contributed by atoms with Crippen LogP contribution in [0.1, 0.15) is 5.56 Å². The third kappa shape index (κ3) is 3.11. The van der Waals surface area contributed by atoms with Gasteiger partial charge in [-0.15, -0.1) is 0 Å². The van der Waals surface area contributed by atoms with E-state index in [0.717, 1.165) is 76.5 Å². The van der Waals surface area contributed by atoms with Gasteiger partial charge in [0.15, 0.2) is 0 Å². The molecule has 0 amide bonds. The Kier molecular flexibility index (Phi) is 4.39. The van der Waals surface area contributed by atoms with Gasteiger partial charge in [-0.3, -0.25) is 10.1 Å². The molecule has 8 nitrogen and oxygen atoms in total. The normalized spacial score (nSPS) is 15.1. The maximum Gasteiger partial charge on any atom is 0.139 e. The van der Waals surface area contributed by atoms with Gasteiger partial charge in [0, 0.05) is 61.4 Å². The molecular weight excluding hydrogens is 400 g/mol. The van der Waals surface area contributed by atoms with E-state index in [1.54, 1.807) is 6.20 Å². The highest BCUT2D eigenvalue weighted by molar-refractivity contribution is 5.97. The zero-order chi connectivity index (χ0) is 21.7. The van der Waals surface area contributed by atoms with E-state index in [2.05, 4.69) is 61.1 Å². The molecule has 5 aromatic heterocycles. The van der Waals surface area contributed by atoms with E-state index >= 15 is 0 Å². The van der Waals surface area contributed by atoms with Gasteiger partial charge in [0.1, 0.15) is 16.9 Å². The van der Waals surface area contributed by atoms with Gasteiger partial charge >= 0.3 is 0 Å². The Balaban J connectivity index is 1.45. The van der Waals surface area contributed by atoms with E-state index in [1.807, 2.05) is 30.6 Å². The number of pyridine rings is 3. The van der Waals surface area contributed by atoms with Crippen molar-refractivity contribution in [1.29, 1.82) is 0 Å². The largest absolute Gasteiger partial charge is 0.368 e.